The Labute approximate surface area is 136 Å². The van der Waals surface area contributed by atoms with Crippen molar-refractivity contribution in [3.63, 3.8) is 0 Å². The number of nitrogens with zero attached hydrogens (tertiary/aromatic N) is 3. The van der Waals surface area contributed by atoms with Gasteiger partial charge in [-0.05, 0) is 30.7 Å². The van der Waals surface area contributed by atoms with E-state index in [1.165, 1.54) is 6.07 Å². The van der Waals surface area contributed by atoms with Gasteiger partial charge >= 0.3 is 0 Å². The van der Waals surface area contributed by atoms with Crippen LogP contribution >= 0.6 is 34.8 Å². The first-order valence-corrected chi connectivity index (χ1v) is 7.14. The maximum atomic E-state index is 10.0. The van der Waals surface area contributed by atoms with Gasteiger partial charge in [0.2, 0.25) is 0 Å². The van der Waals surface area contributed by atoms with Crippen molar-refractivity contribution < 1.29 is 5.11 Å². The third-order valence-corrected chi connectivity index (χ3v) is 3.32. The second-order valence-corrected chi connectivity index (χ2v) is 5.28. The van der Waals surface area contributed by atoms with Crippen molar-refractivity contribution in [2.45, 2.75) is 13.3 Å². The number of hydrogen-bond acceptors (Lipinski definition) is 5. The van der Waals surface area contributed by atoms with Crippen LogP contribution in [0.25, 0.3) is 0 Å². The van der Waals surface area contributed by atoms with E-state index in [9.17, 15) is 5.11 Å². The minimum Gasteiger partial charge on any atom is -0.506 e. The Balaban J connectivity index is 2.31. The lowest BCUT2D eigenvalue weighted by Gasteiger charge is -2.09. The number of benzene rings is 1. The van der Waals surface area contributed by atoms with Gasteiger partial charge in [-0.3, -0.25) is 5.43 Å². The first-order chi connectivity index (χ1) is 10.0. The molecular weight excluding hydrogens is 335 g/mol. The number of nitrogens with one attached hydrogen (secondary N) is 1. The van der Waals surface area contributed by atoms with Crippen molar-refractivity contribution >= 4 is 46.3 Å². The monoisotopic (exact) mass is 344 g/mol. The highest BCUT2D eigenvalue weighted by molar-refractivity contribution is 6.36. The molecule has 21 heavy (non-hydrogen) atoms. The summed E-state index contributed by atoms with van der Waals surface area (Å²) >= 11 is 17.5. The van der Waals surface area contributed by atoms with E-state index in [0.717, 1.165) is 0 Å². The molecule has 0 radical (unpaired) electrons. The molecular formula is C13H11Cl3N4O. The van der Waals surface area contributed by atoms with Crippen molar-refractivity contribution in [2.75, 3.05) is 5.43 Å². The molecule has 0 fully saturated rings. The fourth-order valence-corrected chi connectivity index (χ4v) is 2.21. The van der Waals surface area contributed by atoms with Crippen LogP contribution in [0.2, 0.25) is 15.2 Å². The normalized spacial score (nSPS) is 11.5. The Bertz CT molecular complexity index is 674. The van der Waals surface area contributed by atoms with Gasteiger partial charge in [-0.15, -0.1) is 10.2 Å². The summed E-state index contributed by atoms with van der Waals surface area (Å²) in [7, 11) is 0. The van der Waals surface area contributed by atoms with E-state index >= 15 is 0 Å². The van der Waals surface area contributed by atoms with Gasteiger partial charge < -0.3 is 5.11 Å². The zero-order valence-electron chi connectivity index (χ0n) is 10.9. The van der Waals surface area contributed by atoms with Crippen molar-refractivity contribution in [1.82, 2.24) is 10.2 Å². The Morgan fingerprint density at radius 1 is 1.24 bits per heavy atom. The van der Waals surface area contributed by atoms with Crippen LogP contribution in [0.15, 0.2) is 29.4 Å². The zero-order valence-corrected chi connectivity index (χ0v) is 13.2. The van der Waals surface area contributed by atoms with Crippen LogP contribution in [-0.4, -0.2) is 21.0 Å². The van der Waals surface area contributed by atoms with Gasteiger partial charge in [0.25, 0.3) is 0 Å². The number of phenols is 1. The van der Waals surface area contributed by atoms with E-state index in [1.54, 1.807) is 18.2 Å². The average Bonchev–Trinajstić information content (AvgIpc) is 2.46. The lowest BCUT2D eigenvalue weighted by molar-refractivity contribution is 0.474. The SMILES string of the molecule is CC/C(=N\Nc1ccc(Cl)nn1)c1cc(Cl)cc(Cl)c1O. The molecule has 5 nitrogen and oxygen atoms in total. The summed E-state index contributed by atoms with van der Waals surface area (Å²) in [6.07, 6.45) is 0.554. The Kier molecular flexibility index (Phi) is 5.22. The van der Waals surface area contributed by atoms with Gasteiger partial charge in [-0.1, -0.05) is 41.7 Å². The molecule has 0 saturated heterocycles. The number of hydrogen-bond donors (Lipinski definition) is 2. The van der Waals surface area contributed by atoms with Crippen LogP contribution < -0.4 is 5.43 Å². The molecule has 0 bridgehead atoms. The van der Waals surface area contributed by atoms with Crippen LogP contribution in [0.5, 0.6) is 5.75 Å². The summed E-state index contributed by atoms with van der Waals surface area (Å²) in [6.45, 7) is 1.89. The molecule has 1 aromatic carbocycles. The number of aromatic nitrogens is 2. The van der Waals surface area contributed by atoms with E-state index in [0.29, 0.717) is 33.7 Å². The highest BCUT2D eigenvalue weighted by Crippen LogP contribution is 2.32. The van der Waals surface area contributed by atoms with E-state index in [2.05, 4.69) is 20.7 Å². The van der Waals surface area contributed by atoms with Gasteiger partial charge in [0.1, 0.15) is 5.75 Å². The fraction of sp³-hybridized carbons (Fsp3) is 0.154. The second-order valence-electron chi connectivity index (χ2n) is 4.05. The van der Waals surface area contributed by atoms with Gasteiger partial charge in [0.05, 0.1) is 10.7 Å². The predicted molar refractivity (Wildman–Crippen MR) is 85.6 cm³/mol. The fourth-order valence-electron chi connectivity index (χ4n) is 1.62. The highest BCUT2D eigenvalue weighted by atomic mass is 35.5. The first-order valence-electron chi connectivity index (χ1n) is 6.01. The van der Waals surface area contributed by atoms with E-state index in [1.807, 2.05) is 6.92 Å². The summed E-state index contributed by atoms with van der Waals surface area (Å²) in [5, 5.41) is 22.6. The highest BCUT2D eigenvalue weighted by Gasteiger charge is 2.12. The van der Waals surface area contributed by atoms with E-state index in [4.69, 9.17) is 34.8 Å². The van der Waals surface area contributed by atoms with Crippen molar-refractivity contribution in [1.29, 1.82) is 0 Å². The maximum absolute atomic E-state index is 10.0. The van der Waals surface area contributed by atoms with Gasteiger partial charge in [-0.25, -0.2) is 0 Å². The van der Waals surface area contributed by atoms with Crippen LogP contribution in [-0.2, 0) is 0 Å². The van der Waals surface area contributed by atoms with Crippen LogP contribution in [0.4, 0.5) is 5.82 Å². The standard InChI is InChI=1S/C13H11Cl3N4O/c1-2-10(8-5-7(14)6-9(15)13(8)21)17-19-12-4-3-11(16)18-20-12/h3-6,21H,2H2,1H3,(H,19,20)/b17-10+. The average molecular weight is 346 g/mol. The molecule has 0 aliphatic rings. The number of phenolic OH excluding ortho intramolecular Hbond substituents is 1. The molecule has 1 aromatic heterocycles. The summed E-state index contributed by atoms with van der Waals surface area (Å²) in [6, 6.07) is 6.29. The summed E-state index contributed by atoms with van der Waals surface area (Å²) in [5.41, 5.74) is 3.79. The lowest BCUT2D eigenvalue weighted by atomic mass is 10.1. The molecule has 0 amide bonds. The molecule has 0 aliphatic carbocycles. The molecule has 0 saturated carbocycles. The third-order valence-electron chi connectivity index (χ3n) is 2.61. The number of aromatic hydroxyl groups is 1. The summed E-state index contributed by atoms with van der Waals surface area (Å²) in [5.74, 6) is 0.364. The molecule has 0 spiro atoms. The Morgan fingerprint density at radius 3 is 2.62 bits per heavy atom. The quantitative estimate of drug-likeness (QED) is 0.637. The lowest BCUT2D eigenvalue weighted by Crippen LogP contribution is -2.05. The van der Waals surface area contributed by atoms with Crippen LogP contribution in [0.1, 0.15) is 18.9 Å². The van der Waals surface area contributed by atoms with Gasteiger partial charge in [0.15, 0.2) is 11.0 Å². The Morgan fingerprint density at radius 2 is 2.00 bits per heavy atom. The molecule has 2 N–H and O–H groups in total. The van der Waals surface area contributed by atoms with Gasteiger partial charge in [-0.2, -0.15) is 5.10 Å². The molecule has 2 rings (SSSR count). The molecule has 1 heterocycles. The minimum absolute atomic E-state index is 0.0642. The smallest absolute Gasteiger partial charge is 0.168 e. The van der Waals surface area contributed by atoms with Crippen molar-refractivity contribution in [2.24, 2.45) is 5.10 Å². The summed E-state index contributed by atoms with van der Waals surface area (Å²) < 4.78 is 0. The van der Waals surface area contributed by atoms with Crippen molar-refractivity contribution in [3.05, 3.63) is 45.0 Å². The topological polar surface area (TPSA) is 70.4 Å². The van der Waals surface area contributed by atoms with E-state index < -0.39 is 0 Å². The Hall–Kier alpha value is -1.56. The van der Waals surface area contributed by atoms with Crippen molar-refractivity contribution in [3.8, 4) is 5.75 Å². The summed E-state index contributed by atoms with van der Waals surface area (Å²) in [4.78, 5) is 0. The molecule has 0 unspecified atom stereocenters. The third kappa shape index (κ3) is 3.97. The molecule has 0 aliphatic heterocycles. The number of anilines is 1. The molecule has 0 atom stereocenters. The van der Waals surface area contributed by atoms with Crippen LogP contribution in [0.3, 0.4) is 0 Å². The second kappa shape index (κ2) is 6.93. The minimum atomic E-state index is -0.0642. The molecule has 8 heteroatoms. The zero-order chi connectivity index (χ0) is 15.4. The first kappa shape index (κ1) is 15.8. The van der Waals surface area contributed by atoms with Gasteiger partial charge in [0, 0.05) is 10.6 Å². The molecule has 2 aromatic rings. The number of hydrazone groups is 1. The van der Waals surface area contributed by atoms with Crippen LogP contribution in [0, 0.1) is 0 Å². The number of rotatable bonds is 4. The largest absolute Gasteiger partial charge is 0.506 e. The predicted octanol–water partition coefficient (Wildman–Crippen LogP) is 4.37. The number of halogens is 3. The molecule has 110 valence electrons. The maximum Gasteiger partial charge on any atom is 0.168 e. The van der Waals surface area contributed by atoms with E-state index in [-0.39, 0.29) is 10.8 Å².